The Bertz CT molecular complexity index is 961. The van der Waals surface area contributed by atoms with Crippen LogP contribution in [0.4, 0.5) is 5.69 Å². The molecule has 5 nitrogen and oxygen atoms in total. The first-order chi connectivity index (χ1) is 12.1. The molecule has 0 aromatic heterocycles. The molecule has 0 radical (unpaired) electrons. The minimum absolute atomic E-state index is 0.0625. The van der Waals surface area contributed by atoms with E-state index in [1.54, 1.807) is 53.4 Å². The molecule has 2 aromatic carbocycles. The van der Waals surface area contributed by atoms with E-state index in [9.17, 15) is 15.8 Å². The Kier molecular flexibility index (Phi) is 4.07. The van der Waals surface area contributed by atoms with E-state index in [-0.39, 0.29) is 11.4 Å². The number of hydrogen-bond acceptors (Lipinski definition) is 5. The van der Waals surface area contributed by atoms with Crippen LogP contribution in [-0.4, -0.2) is 0 Å². The van der Waals surface area contributed by atoms with Crippen molar-refractivity contribution >= 4 is 17.3 Å². The van der Waals surface area contributed by atoms with Crippen molar-refractivity contribution in [3.05, 3.63) is 76.6 Å². The smallest absolute Gasteiger partial charge is 0.206 e. The zero-order valence-corrected chi connectivity index (χ0v) is 13.8. The van der Waals surface area contributed by atoms with Gasteiger partial charge in [0, 0.05) is 0 Å². The van der Waals surface area contributed by atoms with Crippen LogP contribution in [0.25, 0.3) is 0 Å². The van der Waals surface area contributed by atoms with Gasteiger partial charge < -0.3 is 10.6 Å². The molecule has 0 fully saturated rings. The maximum Gasteiger partial charge on any atom is 0.206 e. The van der Waals surface area contributed by atoms with Gasteiger partial charge in [-0.15, -0.1) is 0 Å². The van der Waals surface area contributed by atoms with Crippen LogP contribution in [0, 0.1) is 39.4 Å². The molecule has 0 saturated carbocycles. The number of nitrogens with two attached hydrogens (primary N) is 1. The Labute approximate surface area is 150 Å². The molecule has 2 N–H and O–H groups in total. The predicted octanol–water partition coefficient (Wildman–Crippen LogP) is 3.63. The normalized spacial score (nSPS) is 18.3. The Morgan fingerprint density at radius 3 is 2.12 bits per heavy atom. The van der Waals surface area contributed by atoms with Gasteiger partial charge in [-0.25, -0.2) is 0 Å². The number of anilines is 1. The lowest BCUT2D eigenvalue weighted by Crippen LogP contribution is -2.34. The van der Waals surface area contributed by atoms with Crippen molar-refractivity contribution in [2.24, 2.45) is 11.1 Å². The molecular weight excluding hydrogens is 334 g/mol. The molecule has 1 aliphatic heterocycles. The van der Waals surface area contributed by atoms with Gasteiger partial charge in [-0.1, -0.05) is 54.1 Å². The average molecular weight is 346 g/mol. The van der Waals surface area contributed by atoms with E-state index in [1.165, 1.54) is 0 Å². The summed E-state index contributed by atoms with van der Waals surface area (Å²) in [5.74, 6) is 0.0625. The topological polar surface area (TPSA) is 101 Å². The minimum atomic E-state index is -1.72. The van der Waals surface area contributed by atoms with Crippen molar-refractivity contribution in [1.82, 2.24) is 0 Å². The second-order valence-corrected chi connectivity index (χ2v) is 5.95. The highest BCUT2D eigenvalue weighted by atomic mass is 35.5. The molecule has 1 heterocycles. The summed E-state index contributed by atoms with van der Waals surface area (Å²) in [5, 5.41) is 29.7. The highest BCUT2D eigenvalue weighted by Gasteiger charge is 2.55. The number of benzene rings is 2. The number of hydrogen-bond donors (Lipinski definition) is 1. The van der Waals surface area contributed by atoms with Crippen LogP contribution in [0.3, 0.4) is 0 Å². The molecule has 0 spiro atoms. The number of rotatable bonds is 2. The van der Waals surface area contributed by atoms with Crippen LogP contribution in [0.2, 0.25) is 5.02 Å². The van der Waals surface area contributed by atoms with E-state index in [1.807, 2.05) is 24.3 Å². The summed E-state index contributed by atoms with van der Waals surface area (Å²) in [6, 6.07) is 21.2. The van der Waals surface area contributed by atoms with Crippen molar-refractivity contribution in [3.63, 3.8) is 0 Å². The summed E-state index contributed by atoms with van der Waals surface area (Å²) in [5.41, 5.74) is 5.66. The van der Waals surface area contributed by atoms with Gasteiger partial charge in [0.15, 0.2) is 0 Å². The van der Waals surface area contributed by atoms with Crippen LogP contribution in [-0.2, 0) is 0 Å². The molecule has 0 aliphatic carbocycles. The monoisotopic (exact) mass is 345 g/mol. The van der Waals surface area contributed by atoms with Gasteiger partial charge in [0.25, 0.3) is 0 Å². The SMILES string of the molecule is N#CC1=C(N)N(c2ccccc2Cl)C(c2ccccc2)C1(C#N)C#N. The van der Waals surface area contributed by atoms with Crippen LogP contribution < -0.4 is 10.6 Å². The minimum Gasteiger partial charge on any atom is -0.384 e. The van der Waals surface area contributed by atoms with Gasteiger partial charge in [0.1, 0.15) is 17.5 Å². The van der Waals surface area contributed by atoms with E-state index in [0.717, 1.165) is 0 Å². The van der Waals surface area contributed by atoms with Crippen molar-refractivity contribution < 1.29 is 0 Å². The number of nitriles is 3. The highest BCUT2D eigenvalue weighted by molar-refractivity contribution is 6.33. The lowest BCUT2D eigenvalue weighted by atomic mass is 9.76. The van der Waals surface area contributed by atoms with Gasteiger partial charge in [-0.2, -0.15) is 15.8 Å². The highest BCUT2D eigenvalue weighted by Crippen LogP contribution is 2.53. The summed E-state index contributed by atoms with van der Waals surface area (Å²) in [7, 11) is 0. The Hall–Kier alpha value is -3.46. The van der Waals surface area contributed by atoms with Crippen LogP contribution in [0.15, 0.2) is 66.0 Å². The largest absolute Gasteiger partial charge is 0.384 e. The van der Waals surface area contributed by atoms with Gasteiger partial charge in [0.2, 0.25) is 5.41 Å². The molecule has 1 atom stereocenters. The number of para-hydroxylation sites is 1. The van der Waals surface area contributed by atoms with E-state index >= 15 is 0 Å². The molecule has 1 aliphatic rings. The summed E-state index contributed by atoms with van der Waals surface area (Å²) in [4.78, 5) is 1.60. The van der Waals surface area contributed by atoms with Gasteiger partial charge in [0.05, 0.1) is 28.9 Å². The molecule has 0 saturated heterocycles. The van der Waals surface area contributed by atoms with E-state index in [2.05, 4.69) is 0 Å². The third-order valence-corrected chi connectivity index (χ3v) is 4.59. The van der Waals surface area contributed by atoms with E-state index in [0.29, 0.717) is 16.3 Å². The molecule has 2 aromatic rings. The maximum atomic E-state index is 9.83. The molecule has 120 valence electrons. The zero-order valence-electron chi connectivity index (χ0n) is 13.0. The van der Waals surface area contributed by atoms with Crippen molar-refractivity contribution in [2.75, 3.05) is 4.90 Å². The number of halogens is 1. The Morgan fingerprint density at radius 2 is 1.56 bits per heavy atom. The Balaban J connectivity index is 2.35. The fourth-order valence-corrected chi connectivity index (χ4v) is 3.37. The first-order valence-corrected chi connectivity index (χ1v) is 7.80. The third kappa shape index (κ3) is 2.29. The number of nitrogens with zero attached hydrogens (tertiary/aromatic N) is 4. The summed E-state index contributed by atoms with van der Waals surface area (Å²) < 4.78 is 0. The molecule has 1 unspecified atom stereocenters. The zero-order chi connectivity index (χ0) is 18.0. The standard InChI is InChI=1S/C19H12ClN5/c20-15-8-4-5-9-16(15)25-17(13-6-2-1-3-7-13)19(11-22,12-23)14(10-21)18(25)24/h1-9,17H,24H2. The maximum absolute atomic E-state index is 9.83. The first kappa shape index (κ1) is 16.4. The first-order valence-electron chi connectivity index (χ1n) is 7.42. The second-order valence-electron chi connectivity index (χ2n) is 5.54. The van der Waals surface area contributed by atoms with Gasteiger partial charge >= 0.3 is 0 Å². The average Bonchev–Trinajstić information content (AvgIpc) is 2.91. The van der Waals surface area contributed by atoms with Crippen LogP contribution in [0.1, 0.15) is 11.6 Å². The molecule has 25 heavy (non-hydrogen) atoms. The lowest BCUT2D eigenvalue weighted by molar-refractivity contribution is 0.521. The second kappa shape index (κ2) is 6.21. The van der Waals surface area contributed by atoms with Gasteiger partial charge in [-0.3, -0.25) is 0 Å². The molecule has 0 amide bonds. The molecular formula is C19H12ClN5. The van der Waals surface area contributed by atoms with Crippen molar-refractivity contribution in [1.29, 1.82) is 15.8 Å². The fourth-order valence-electron chi connectivity index (χ4n) is 3.15. The van der Waals surface area contributed by atoms with Crippen LogP contribution in [0.5, 0.6) is 0 Å². The predicted molar refractivity (Wildman–Crippen MR) is 93.6 cm³/mol. The summed E-state index contributed by atoms with van der Waals surface area (Å²) in [6.07, 6.45) is 0. The third-order valence-electron chi connectivity index (χ3n) is 4.27. The van der Waals surface area contributed by atoms with Crippen molar-refractivity contribution in [3.8, 4) is 18.2 Å². The van der Waals surface area contributed by atoms with Crippen LogP contribution >= 0.6 is 11.6 Å². The molecule has 3 rings (SSSR count). The van der Waals surface area contributed by atoms with E-state index < -0.39 is 11.5 Å². The van der Waals surface area contributed by atoms with E-state index in [4.69, 9.17) is 17.3 Å². The fraction of sp³-hybridized carbons (Fsp3) is 0.105. The Morgan fingerprint density at radius 1 is 0.960 bits per heavy atom. The van der Waals surface area contributed by atoms with Gasteiger partial charge in [-0.05, 0) is 17.7 Å². The quantitative estimate of drug-likeness (QED) is 0.895. The lowest BCUT2D eigenvalue weighted by Gasteiger charge is -2.32. The summed E-state index contributed by atoms with van der Waals surface area (Å²) >= 11 is 6.32. The molecule has 6 heteroatoms. The molecule has 0 bridgehead atoms. The summed E-state index contributed by atoms with van der Waals surface area (Å²) in [6.45, 7) is 0. The van der Waals surface area contributed by atoms with Crippen molar-refractivity contribution in [2.45, 2.75) is 6.04 Å².